The molecule has 190 valence electrons. The maximum atomic E-state index is 14.7. The zero-order valence-corrected chi connectivity index (χ0v) is 22.1. The molecule has 2 aromatic carbocycles. The summed E-state index contributed by atoms with van der Waals surface area (Å²) >= 11 is 2.46. The summed E-state index contributed by atoms with van der Waals surface area (Å²) in [7, 11) is 0. The van der Waals surface area contributed by atoms with Gasteiger partial charge in [-0.2, -0.15) is 15.7 Å². The van der Waals surface area contributed by atoms with Gasteiger partial charge in [0.1, 0.15) is 6.10 Å². The second-order valence-electron chi connectivity index (χ2n) is 8.95. The summed E-state index contributed by atoms with van der Waals surface area (Å²) in [5, 5.41) is 6.14. The molecule has 1 unspecified atom stereocenters. The number of hydrogen-bond acceptors (Lipinski definition) is 6. The Balaban J connectivity index is 1.53. The van der Waals surface area contributed by atoms with Crippen molar-refractivity contribution in [1.29, 1.82) is 0 Å². The Kier molecular flexibility index (Phi) is 7.13. The first kappa shape index (κ1) is 25.2. The van der Waals surface area contributed by atoms with Gasteiger partial charge in [-0.15, -0.1) is 11.3 Å². The van der Waals surface area contributed by atoms with Gasteiger partial charge >= 0.3 is 12.1 Å². The molecule has 0 aliphatic heterocycles. The molecule has 37 heavy (non-hydrogen) atoms. The Bertz CT molecular complexity index is 1410. The molecule has 0 bridgehead atoms. The lowest BCUT2D eigenvalue weighted by atomic mass is 9.89. The van der Waals surface area contributed by atoms with E-state index < -0.39 is 22.7 Å². The van der Waals surface area contributed by atoms with Gasteiger partial charge in [-0.25, -0.2) is 4.79 Å². The molecular formula is C29H26FNO4S2. The monoisotopic (exact) mass is 535 g/mol. The molecule has 2 heterocycles. The summed E-state index contributed by atoms with van der Waals surface area (Å²) in [5.74, 6) is -0.241. The zero-order valence-electron chi connectivity index (χ0n) is 20.5. The van der Waals surface area contributed by atoms with E-state index in [1.165, 1.54) is 17.4 Å². The third-order valence-corrected chi connectivity index (χ3v) is 8.21. The Hall–Kier alpha value is -3.49. The number of amides is 1. The minimum absolute atomic E-state index is 0.241. The van der Waals surface area contributed by atoms with Crippen LogP contribution < -0.4 is 5.32 Å². The summed E-state index contributed by atoms with van der Waals surface area (Å²) in [4.78, 5) is 26.1. The van der Waals surface area contributed by atoms with Gasteiger partial charge in [-0.05, 0) is 66.3 Å². The first-order valence-corrected chi connectivity index (χ1v) is 13.8. The fraction of sp³-hybridized carbons (Fsp3) is 0.241. The minimum Gasteiger partial charge on any atom is -0.465 e. The summed E-state index contributed by atoms with van der Waals surface area (Å²) in [6.07, 6.45) is 0.292. The van der Waals surface area contributed by atoms with Gasteiger partial charge < -0.3 is 9.47 Å². The van der Waals surface area contributed by atoms with Crippen molar-refractivity contribution in [3.05, 3.63) is 87.7 Å². The number of ether oxygens (including phenoxy) is 2. The molecule has 8 heteroatoms. The van der Waals surface area contributed by atoms with Crippen LogP contribution in [0.25, 0.3) is 21.6 Å². The van der Waals surface area contributed by atoms with Gasteiger partial charge in [0.05, 0.1) is 22.6 Å². The number of anilines is 1. The average Bonchev–Trinajstić information content (AvgIpc) is 3.35. The SMILES string of the molecule is CCOC(=O)C1(c2ccc(-c3ccccc3)c(-c3sc(F)cc3NC(=O)OC(C)c3ccsc3)c2)CC1. The number of thiophene rings is 2. The highest BCUT2D eigenvalue weighted by Gasteiger charge is 2.53. The molecule has 1 aliphatic carbocycles. The van der Waals surface area contributed by atoms with Crippen molar-refractivity contribution in [1.82, 2.24) is 0 Å². The minimum atomic E-state index is -0.682. The van der Waals surface area contributed by atoms with Crippen LogP contribution in [0.5, 0.6) is 0 Å². The van der Waals surface area contributed by atoms with Crippen molar-refractivity contribution in [3.8, 4) is 21.6 Å². The van der Waals surface area contributed by atoms with E-state index in [9.17, 15) is 14.0 Å². The van der Waals surface area contributed by atoms with Crippen molar-refractivity contribution < 1.29 is 23.5 Å². The van der Waals surface area contributed by atoms with Gasteiger partial charge in [0.25, 0.3) is 0 Å². The summed E-state index contributed by atoms with van der Waals surface area (Å²) in [6, 6.07) is 18.8. The van der Waals surface area contributed by atoms with Gasteiger partial charge in [0.2, 0.25) is 0 Å². The molecule has 1 amide bonds. The van der Waals surface area contributed by atoms with Crippen LogP contribution in [0.4, 0.5) is 14.9 Å². The standard InChI is InChI=1S/C29H26FNO4S2/c1-3-34-27(32)29(12-13-29)21-9-10-22(19-7-5-4-6-8-19)23(15-21)26-24(16-25(30)37-26)31-28(33)35-18(2)20-11-14-36-17-20/h4-11,14-18H,3,12-13H2,1-2H3,(H,31,33). The fourth-order valence-electron chi connectivity index (χ4n) is 4.43. The highest BCUT2D eigenvalue weighted by Crippen LogP contribution is 2.52. The van der Waals surface area contributed by atoms with Crippen LogP contribution in [0.2, 0.25) is 0 Å². The second-order valence-corrected chi connectivity index (χ2v) is 10.7. The number of carbonyl (C=O) groups is 2. The molecule has 1 N–H and O–H groups in total. The average molecular weight is 536 g/mol. The van der Waals surface area contributed by atoms with Gasteiger partial charge in [0.15, 0.2) is 5.13 Å². The number of halogens is 1. The first-order valence-electron chi connectivity index (χ1n) is 12.1. The molecule has 1 saturated carbocycles. The first-order chi connectivity index (χ1) is 17.9. The van der Waals surface area contributed by atoms with Crippen LogP contribution in [-0.4, -0.2) is 18.7 Å². The van der Waals surface area contributed by atoms with E-state index in [-0.39, 0.29) is 5.97 Å². The van der Waals surface area contributed by atoms with Crippen LogP contribution in [-0.2, 0) is 19.7 Å². The molecular weight excluding hydrogens is 509 g/mol. The fourth-order valence-corrected chi connectivity index (χ4v) is 6.04. The van der Waals surface area contributed by atoms with E-state index in [4.69, 9.17) is 9.47 Å². The third kappa shape index (κ3) is 5.17. The summed E-state index contributed by atoms with van der Waals surface area (Å²) < 4.78 is 25.6. The quantitative estimate of drug-likeness (QED) is 0.231. The summed E-state index contributed by atoms with van der Waals surface area (Å²) in [5.41, 5.74) is 3.90. The van der Waals surface area contributed by atoms with Crippen LogP contribution in [0.1, 0.15) is 43.9 Å². The molecule has 0 saturated heterocycles. The molecule has 0 spiro atoms. The zero-order chi connectivity index (χ0) is 26.0. The van der Waals surface area contributed by atoms with E-state index in [2.05, 4.69) is 5.32 Å². The third-order valence-electron chi connectivity index (χ3n) is 6.55. The van der Waals surface area contributed by atoms with E-state index in [1.54, 1.807) is 13.8 Å². The largest absolute Gasteiger partial charge is 0.465 e. The van der Waals surface area contributed by atoms with Crippen LogP contribution in [0.3, 0.4) is 0 Å². The lowest BCUT2D eigenvalue weighted by Gasteiger charge is -2.18. The number of esters is 1. The van der Waals surface area contributed by atoms with E-state index >= 15 is 0 Å². The van der Waals surface area contributed by atoms with E-state index in [0.717, 1.165) is 39.2 Å². The number of carbonyl (C=O) groups excluding carboxylic acids is 2. The lowest BCUT2D eigenvalue weighted by molar-refractivity contribution is -0.146. The van der Waals surface area contributed by atoms with Crippen LogP contribution in [0.15, 0.2) is 71.4 Å². The van der Waals surface area contributed by atoms with Crippen molar-refractivity contribution >= 4 is 40.4 Å². The smallest absolute Gasteiger partial charge is 0.412 e. The molecule has 2 aromatic heterocycles. The van der Waals surface area contributed by atoms with Crippen LogP contribution >= 0.6 is 22.7 Å². The maximum Gasteiger partial charge on any atom is 0.412 e. The Morgan fingerprint density at radius 3 is 2.54 bits per heavy atom. The molecule has 1 atom stereocenters. The Morgan fingerprint density at radius 2 is 1.86 bits per heavy atom. The maximum absolute atomic E-state index is 14.7. The van der Waals surface area contributed by atoms with Crippen molar-refractivity contribution in [2.45, 2.75) is 38.2 Å². The normalized spacial score (nSPS) is 14.6. The van der Waals surface area contributed by atoms with Crippen LogP contribution in [0, 0.1) is 5.13 Å². The molecule has 5 rings (SSSR count). The van der Waals surface area contributed by atoms with E-state index in [0.29, 0.717) is 30.0 Å². The number of nitrogens with one attached hydrogen (secondary N) is 1. The molecule has 1 fully saturated rings. The van der Waals surface area contributed by atoms with Crippen molar-refractivity contribution in [2.75, 3.05) is 11.9 Å². The van der Waals surface area contributed by atoms with Gasteiger partial charge in [-0.1, -0.05) is 42.5 Å². The lowest BCUT2D eigenvalue weighted by Crippen LogP contribution is -2.23. The molecule has 0 radical (unpaired) electrons. The Labute approximate surface area is 222 Å². The number of rotatable bonds is 8. The molecule has 4 aromatic rings. The van der Waals surface area contributed by atoms with Crippen molar-refractivity contribution in [2.24, 2.45) is 0 Å². The second kappa shape index (κ2) is 10.5. The van der Waals surface area contributed by atoms with E-state index in [1.807, 2.05) is 65.4 Å². The Morgan fingerprint density at radius 1 is 1.08 bits per heavy atom. The predicted molar refractivity (Wildman–Crippen MR) is 146 cm³/mol. The molecule has 1 aliphatic rings. The predicted octanol–water partition coefficient (Wildman–Crippen LogP) is 8.19. The highest BCUT2D eigenvalue weighted by atomic mass is 32.1. The molecule has 5 nitrogen and oxygen atoms in total. The van der Waals surface area contributed by atoms with Gasteiger partial charge in [-0.3, -0.25) is 10.1 Å². The van der Waals surface area contributed by atoms with Crippen molar-refractivity contribution in [3.63, 3.8) is 0 Å². The topological polar surface area (TPSA) is 64.6 Å². The highest BCUT2D eigenvalue weighted by molar-refractivity contribution is 7.14. The number of hydrogen-bond donors (Lipinski definition) is 1. The summed E-state index contributed by atoms with van der Waals surface area (Å²) in [6.45, 7) is 3.90. The van der Waals surface area contributed by atoms with Gasteiger partial charge in [0, 0.05) is 17.2 Å². The number of benzene rings is 2.